The van der Waals surface area contributed by atoms with E-state index in [-0.39, 0.29) is 6.42 Å². The molecule has 0 amide bonds. The summed E-state index contributed by atoms with van der Waals surface area (Å²) in [5, 5.41) is 0. The standard InChI is InChI=1S/C6H11F3O/c1-6(8,9)5(10-2)3-4-7/h5H,3-4H2,1-2H3. The molecule has 0 saturated heterocycles. The lowest BCUT2D eigenvalue weighted by molar-refractivity contribution is -0.115. The fourth-order valence-corrected chi connectivity index (χ4v) is 0.677. The molecule has 10 heavy (non-hydrogen) atoms. The normalized spacial score (nSPS) is 15.3. The van der Waals surface area contributed by atoms with Crippen LogP contribution in [0.4, 0.5) is 13.2 Å². The molecule has 0 aliphatic rings. The minimum atomic E-state index is -2.94. The largest absolute Gasteiger partial charge is 0.375 e. The van der Waals surface area contributed by atoms with Gasteiger partial charge in [-0.2, -0.15) is 0 Å². The maximum absolute atomic E-state index is 12.3. The van der Waals surface area contributed by atoms with Gasteiger partial charge in [-0.25, -0.2) is 8.78 Å². The van der Waals surface area contributed by atoms with Crippen LogP contribution < -0.4 is 0 Å². The van der Waals surface area contributed by atoms with Crippen LogP contribution in [0.3, 0.4) is 0 Å². The number of halogens is 3. The van der Waals surface area contributed by atoms with E-state index in [9.17, 15) is 13.2 Å². The first-order valence-electron chi connectivity index (χ1n) is 2.99. The van der Waals surface area contributed by atoms with Crippen molar-refractivity contribution in [3.8, 4) is 0 Å². The fraction of sp³-hybridized carbons (Fsp3) is 1.00. The Labute approximate surface area is 58.2 Å². The number of hydrogen-bond acceptors (Lipinski definition) is 1. The highest BCUT2D eigenvalue weighted by atomic mass is 19.3. The predicted molar refractivity (Wildman–Crippen MR) is 32.0 cm³/mol. The minimum Gasteiger partial charge on any atom is -0.375 e. The van der Waals surface area contributed by atoms with Crippen LogP contribution in [0.1, 0.15) is 13.3 Å². The van der Waals surface area contributed by atoms with E-state index in [2.05, 4.69) is 4.74 Å². The SMILES string of the molecule is COC(CCF)C(C)(F)F. The zero-order valence-corrected chi connectivity index (χ0v) is 6.03. The Balaban J connectivity index is 3.81. The van der Waals surface area contributed by atoms with Crippen LogP contribution in [0, 0.1) is 0 Å². The van der Waals surface area contributed by atoms with Gasteiger partial charge in [-0.3, -0.25) is 4.39 Å². The Kier molecular flexibility index (Phi) is 3.71. The smallest absolute Gasteiger partial charge is 0.271 e. The monoisotopic (exact) mass is 156 g/mol. The van der Waals surface area contributed by atoms with Crippen molar-refractivity contribution in [2.24, 2.45) is 0 Å². The molecule has 0 N–H and O–H groups in total. The molecule has 4 heteroatoms. The summed E-state index contributed by atoms with van der Waals surface area (Å²) >= 11 is 0. The van der Waals surface area contributed by atoms with Gasteiger partial charge >= 0.3 is 0 Å². The molecule has 0 aromatic rings. The molecule has 0 aliphatic heterocycles. The highest BCUT2D eigenvalue weighted by Crippen LogP contribution is 2.22. The van der Waals surface area contributed by atoms with Gasteiger partial charge in [-0.15, -0.1) is 0 Å². The van der Waals surface area contributed by atoms with Gasteiger partial charge in [0.25, 0.3) is 5.92 Å². The first-order valence-corrected chi connectivity index (χ1v) is 2.99. The third-order valence-electron chi connectivity index (χ3n) is 1.22. The summed E-state index contributed by atoms with van der Waals surface area (Å²) in [5.74, 6) is -2.94. The van der Waals surface area contributed by atoms with Gasteiger partial charge < -0.3 is 4.74 Å². The summed E-state index contributed by atoms with van der Waals surface area (Å²) in [7, 11) is 1.15. The van der Waals surface area contributed by atoms with E-state index in [0.29, 0.717) is 0 Å². The maximum Gasteiger partial charge on any atom is 0.271 e. The zero-order valence-electron chi connectivity index (χ0n) is 6.03. The number of rotatable bonds is 4. The van der Waals surface area contributed by atoms with E-state index in [1.54, 1.807) is 0 Å². The van der Waals surface area contributed by atoms with Gasteiger partial charge in [0, 0.05) is 20.5 Å². The molecule has 0 aliphatic carbocycles. The molecule has 0 heterocycles. The van der Waals surface area contributed by atoms with Gasteiger partial charge in [0.15, 0.2) is 0 Å². The molecular formula is C6H11F3O. The molecule has 0 saturated carbocycles. The molecule has 0 aromatic heterocycles. The lowest BCUT2D eigenvalue weighted by atomic mass is 10.1. The molecule has 0 aromatic carbocycles. The molecule has 0 fully saturated rings. The van der Waals surface area contributed by atoms with E-state index in [4.69, 9.17) is 0 Å². The Morgan fingerprint density at radius 1 is 1.50 bits per heavy atom. The summed E-state index contributed by atoms with van der Waals surface area (Å²) in [6.07, 6.45) is -1.54. The highest BCUT2D eigenvalue weighted by Gasteiger charge is 2.33. The maximum atomic E-state index is 12.3. The van der Waals surface area contributed by atoms with Crippen LogP contribution in [-0.2, 0) is 4.74 Å². The minimum absolute atomic E-state index is 0.250. The molecule has 0 spiro atoms. The van der Waals surface area contributed by atoms with E-state index >= 15 is 0 Å². The van der Waals surface area contributed by atoms with E-state index in [1.807, 2.05) is 0 Å². The van der Waals surface area contributed by atoms with Crippen LogP contribution >= 0.6 is 0 Å². The predicted octanol–water partition coefficient (Wildman–Crippen LogP) is 2.02. The quantitative estimate of drug-likeness (QED) is 0.605. The molecule has 62 valence electrons. The van der Waals surface area contributed by atoms with Crippen molar-refractivity contribution in [3.63, 3.8) is 0 Å². The summed E-state index contributed by atoms with van der Waals surface area (Å²) in [6.45, 7) is -0.0568. The Bertz CT molecular complexity index is 89.5. The molecule has 0 rings (SSSR count). The van der Waals surface area contributed by atoms with Gasteiger partial charge in [0.1, 0.15) is 6.10 Å². The summed E-state index contributed by atoms with van der Waals surface area (Å²) in [6, 6.07) is 0. The van der Waals surface area contributed by atoms with Crippen LogP contribution in [0.5, 0.6) is 0 Å². The lowest BCUT2D eigenvalue weighted by Gasteiger charge is -2.20. The summed E-state index contributed by atoms with van der Waals surface area (Å²) in [5.41, 5.74) is 0. The summed E-state index contributed by atoms with van der Waals surface area (Å²) in [4.78, 5) is 0. The van der Waals surface area contributed by atoms with Crippen molar-refractivity contribution in [1.29, 1.82) is 0 Å². The van der Waals surface area contributed by atoms with Crippen LogP contribution in [0.25, 0.3) is 0 Å². The van der Waals surface area contributed by atoms with Crippen molar-refractivity contribution in [2.75, 3.05) is 13.8 Å². The van der Waals surface area contributed by atoms with Crippen molar-refractivity contribution < 1.29 is 17.9 Å². The van der Waals surface area contributed by atoms with Gasteiger partial charge in [-0.1, -0.05) is 0 Å². The van der Waals surface area contributed by atoms with Crippen molar-refractivity contribution in [1.82, 2.24) is 0 Å². The number of hydrogen-bond donors (Lipinski definition) is 0. The fourth-order valence-electron chi connectivity index (χ4n) is 0.677. The first-order chi connectivity index (χ1) is 4.52. The Hall–Kier alpha value is -0.250. The second-order valence-electron chi connectivity index (χ2n) is 2.16. The molecule has 0 radical (unpaired) electrons. The number of alkyl halides is 3. The Morgan fingerprint density at radius 2 is 2.00 bits per heavy atom. The molecule has 0 bridgehead atoms. The topological polar surface area (TPSA) is 9.23 Å². The van der Waals surface area contributed by atoms with Gasteiger partial charge in [-0.05, 0) is 0 Å². The lowest BCUT2D eigenvalue weighted by Crippen LogP contribution is -2.32. The van der Waals surface area contributed by atoms with Crippen molar-refractivity contribution in [2.45, 2.75) is 25.4 Å². The van der Waals surface area contributed by atoms with E-state index < -0.39 is 18.7 Å². The highest BCUT2D eigenvalue weighted by molar-refractivity contribution is 4.71. The number of methoxy groups -OCH3 is 1. The van der Waals surface area contributed by atoms with E-state index in [1.165, 1.54) is 0 Å². The third kappa shape index (κ3) is 3.06. The van der Waals surface area contributed by atoms with Gasteiger partial charge in [0.05, 0.1) is 6.67 Å². The average Bonchev–Trinajstić information content (AvgIpc) is 1.80. The van der Waals surface area contributed by atoms with Crippen LogP contribution in [0.2, 0.25) is 0 Å². The molecule has 1 nitrogen and oxygen atoms in total. The molecule has 1 atom stereocenters. The zero-order chi connectivity index (χ0) is 8.20. The van der Waals surface area contributed by atoms with Crippen molar-refractivity contribution in [3.05, 3.63) is 0 Å². The van der Waals surface area contributed by atoms with Gasteiger partial charge in [0.2, 0.25) is 0 Å². The third-order valence-corrected chi connectivity index (χ3v) is 1.22. The Morgan fingerprint density at radius 3 is 2.10 bits per heavy atom. The molecular weight excluding hydrogens is 145 g/mol. The first kappa shape index (κ1) is 9.75. The van der Waals surface area contributed by atoms with Crippen LogP contribution in [-0.4, -0.2) is 25.8 Å². The second-order valence-corrected chi connectivity index (χ2v) is 2.16. The molecule has 1 unspecified atom stereocenters. The van der Waals surface area contributed by atoms with Crippen LogP contribution in [0.15, 0.2) is 0 Å². The van der Waals surface area contributed by atoms with E-state index in [0.717, 1.165) is 14.0 Å². The summed E-state index contributed by atoms with van der Waals surface area (Å²) < 4.78 is 40.5. The number of ether oxygens (including phenoxy) is 1. The van der Waals surface area contributed by atoms with Crippen molar-refractivity contribution >= 4 is 0 Å². The average molecular weight is 156 g/mol. The second kappa shape index (κ2) is 3.81.